The molecule has 16 heavy (non-hydrogen) atoms. The molecule has 1 aliphatic heterocycles. The Balaban J connectivity index is 2.29. The number of rotatable bonds is 7. The van der Waals surface area contributed by atoms with Crippen LogP contribution in [-0.4, -0.2) is 61.4 Å². The Labute approximate surface area is 96.8 Å². The van der Waals surface area contributed by atoms with Crippen LogP contribution in [0.15, 0.2) is 0 Å². The second-order valence-electron chi connectivity index (χ2n) is 4.30. The topological polar surface area (TPSA) is 61.8 Å². The zero-order valence-electron chi connectivity index (χ0n) is 10.1. The molecule has 5 nitrogen and oxygen atoms in total. The van der Waals surface area contributed by atoms with Crippen LogP contribution in [-0.2, 0) is 9.53 Å². The van der Waals surface area contributed by atoms with Gasteiger partial charge in [-0.25, -0.2) is 0 Å². The summed E-state index contributed by atoms with van der Waals surface area (Å²) < 4.78 is 5.52. The van der Waals surface area contributed by atoms with E-state index >= 15 is 0 Å². The Bertz CT molecular complexity index is 217. The number of nitrogens with zero attached hydrogens (tertiary/aromatic N) is 1. The van der Waals surface area contributed by atoms with Gasteiger partial charge in [0.25, 0.3) is 0 Å². The monoisotopic (exact) mass is 230 g/mol. The van der Waals surface area contributed by atoms with Crippen LogP contribution in [0.3, 0.4) is 0 Å². The largest absolute Gasteiger partial charge is 0.480 e. The molecule has 0 aromatic heterocycles. The van der Waals surface area contributed by atoms with E-state index in [9.17, 15) is 4.79 Å². The van der Waals surface area contributed by atoms with Gasteiger partial charge in [0.2, 0.25) is 0 Å². The standard InChI is InChI=1S/C11H22N2O3/c1-3-12-10(11(14)15)8-13(2)7-9-5-4-6-16-9/h9-10,12H,3-8H2,1-2H3,(H,14,15). The summed E-state index contributed by atoms with van der Waals surface area (Å²) in [6.45, 7) is 4.76. The third-order valence-corrected chi connectivity index (χ3v) is 2.78. The maximum Gasteiger partial charge on any atom is 0.322 e. The number of hydrogen-bond acceptors (Lipinski definition) is 4. The highest BCUT2D eigenvalue weighted by Crippen LogP contribution is 2.12. The maximum atomic E-state index is 10.9. The van der Waals surface area contributed by atoms with Gasteiger partial charge in [-0.1, -0.05) is 6.92 Å². The summed E-state index contributed by atoms with van der Waals surface area (Å²) >= 11 is 0. The van der Waals surface area contributed by atoms with Crippen LogP contribution >= 0.6 is 0 Å². The highest BCUT2D eigenvalue weighted by atomic mass is 16.5. The van der Waals surface area contributed by atoms with Crippen molar-refractivity contribution >= 4 is 5.97 Å². The van der Waals surface area contributed by atoms with Gasteiger partial charge in [-0.2, -0.15) is 0 Å². The number of nitrogens with one attached hydrogen (secondary N) is 1. The average molecular weight is 230 g/mol. The zero-order valence-corrected chi connectivity index (χ0v) is 10.1. The van der Waals surface area contributed by atoms with Crippen molar-refractivity contribution in [1.82, 2.24) is 10.2 Å². The first-order valence-corrected chi connectivity index (χ1v) is 5.89. The lowest BCUT2D eigenvalue weighted by Crippen LogP contribution is -2.46. The van der Waals surface area contributed by atoms with Gasteiger partial charge in [0, 0.05) is 19.7 Å². The minimum absolute atomic E-state index is 0.279. The van der Waals surface area contributed by atoms with E-state index in [-0.39, 0.29) is 6.10 Å². The number of hydrogen-bond donors (Lipinski definition) is 2. The Hall–Kier alpha value is -0.650. The molecule has 0 aliphatic carbocycles. The third kappa shape index (κ3) is 4.47. The molecule has 1 aliphatic rings. The van der Waals surface area contributed by atoms with Crippen LogP contribution in [0.1, 0.15) is 19.8 Å². The van der Waals surface area contributed by atoms with E-state index in [1.54, 1.807) is 0 Å². The van der Waals surface area contributed by atoms with Gasteiger partial charge < -0.3 is 20.1 Å². The van der Waals surface area contributed by atoms with Crippen LogP contribution < -0.4 is 5.32 Å². The zero-order chi connectivity index (χ0) is 12.0. The van der Waals surface area contributed by atoms with Crippen molar-refractivity contribution in [3.63, 3.8) is 0 Å². The number of carboxylic acids is 1. The van der Waals surface area contributed by atoms with Crippen molar-refractivity contribution in [2.75, 3.05) is 33.3 Å². The second-order valence-corrected chi connectivity index (χ2v) is 4.30. The molecule has 2 atom stereocenters. The van der Waals surface area contributed by atoms with Gasteiger partial charge in [0.1, 0.15) is 6.04 Å². The molecular formula is C11H22N2O3. The van der Waals surface area contributed by atoms with Crippen LogP contribution in [0.4, 0.5) is 0 Å². The summed E-state index contributed by atoms with van der Waals surface area (Å²) in [5.41, 5.74) is 0. The van der Waals surface area contributed by atoms with E-state index in [0.717, 1.165) is 26.0 Å². The van der Waals surface area contributed by atoms with Gasteiger partial charge in [0.05, 0.1) is 6.10 Å². The predicted molar refractivity (Wildman–Crippen MR) is 61.6 cm³/mol. The number of carbonyl (C=O) groups is 1. The molecule has 0 amide bonds. The molecule has 5 heteroatoms. The van der Waals surface area contributed by atoms with Gasteiger partial charge in [-0.3, -0.25) is 4.79 Å². The van der Waals surface area contributed by atoms with Crippen LogP contribution in [0.5, 0.6) is 0 Å². The van der Waals surface area contributed by atoms with Crippen LogP contribution in [0.25, 0.3) is 0 Å². The highest BCUT2D eigenvalue weighted by Gasteiger charge is 2.22. The molecule has 0 aromatic carbocycles. The SMILES string of the molecule is CCNC(CN(C)CC1CCCO1)C(=O)O. The van der Waals surface area contributed by atoms with Crippen LogP contribution in [0, 0.1) is 0 Å². The Morgan fingerprint density at radius 1 is 1.69 bits per heavy atom. The summed E-state index contributed by atoms with van der Waals surface area (Å²) in [7, 11) is 1.94. The molecule has 1 fully saturated rings. The lowest BCUT2D eigenvalue weighted by molar-refractivity contribution is -0.140. The molecule has 1 saturated heterocycles. The highest BCUT2D eigenvalue weighted by molar-refractivity contribution is 5.73. The van der Waals surface area contributed by atoms with Crippen LogP contribution in [0.2, 0.25) is 0 Å². The minimum Gasteiger partial charge on any atom is -0.480 e. The molecule has 94 valence electrons. The first-order chi connectivity index (χ1) is 7.63. The third-order valence-electron chi connectivity index (χ3n) is 2.78. The van der Waals surface area contributed by atoms with Crippen molar-refractivity contribution in [2.45, 2.75) is 31.9 Å². The molecule has 0 radical (unpaired) electrons. The first kappa shape index (κ1) is 13.4. The molecule has 1 rings (SSSR count). The fourth-order valence-corrected chi connectivity index (χ4v) is 2.00. The van der Waals surface area contributed by atoms with E-state index < -0.39 is 12.0 Å². The molecule has 0 spiro atoms. The van der Waals surface area contributed by atoms with Crippen molar-refractivity contribution in [3.8, 4) is 0 Å². The molecule has 2 unspecified atom stereocenters. The number of carboxylic acid groups (broad SMARTS) is 1. The predicted octanol–water partition coefficient (Wildman–Crippen LogP) is 0.160. The van der Waals surface area contributed by atoms with Crippen molar-refractivity contribution in [1.29, 1.82) is 0 Å². The van der Waals surface area contributed by atoms with E-state index in [4.69, 9.17) is 9.84 Å². The lowest BCUT2D eigenvalue weighted by atomic mass is 10.2. The van der Waals surface area contributed by atoms with Crippen molar-refractivity contribution in [2.24, 2.45) is 0 Å². The molecule has 2 N–H and O–H groups in total. The molecule has 0 saturated carbocycles. The minimum atomic E-state index is -0.791. The van der Waals surface area contributed by atoms with Gasteiger partial charge in [-0.15, -0.1) is 0 Å². The second kappa shape index (κ2) is 6.83. The summed E-state index contributed by atoms with van der Waals surface area (Å²) in [6.07, 6.45) is 2.48. The fourth-order valence-electron chi connectivity index (χ4n) is 2.00. The van der Waals surface area contributed by atoms with E-state index in [1.807, 2.05) is 18.9 Å². The number of ether oxygens (including phenoxy) is 1. The Morgan fingerprint density at radius 2 is 2.44 bits per heavy atom. The normalized spacial score (nSPS) is 22.6. The van der Waals surface area contributed by atoms with Crippen molar-refractivity contribution in [3.05, 3.63) is 0 Å². The quantitative estimate of drug-likeness (QED) is 0.652. The van der Waals surface area contributed by atoms with Gasteiger partial charge in [0.15, 0.2) is 0 Å². The molecule has 0 bridgehead atoms. The summed E-state index contributed by atoms with van der Waals surface area (Å²) in [5.74, 6) is -0.791. The smallest absolute Gasteiger partial charge is 0.322 e. The van der Waals surface area contributed by atoms with E-state index in [1.165, 1.54) is 0 Å². The summed E-state index contributed by atoms with van der Waals surface area (Å²) in [4.78, 5) is 13.0. The number of aliphatic carboxylic acids is 1. The first-order valence-electron chi connectivity index (χ1n) is 5.89. The Kier molecular flexibility index (Phi) is 5.73. The maximum absolute atomic E-state index is 10.9. The fraction of sp³-hybridized carbons (Fsp3) is 0.909. The van der Waals surface area contributed by atoms with E-state index in [0.29, 0.717) is 13.1 Å². The molecule has 0 aromatic rings. The summed E-state index contributed by atoms with van der Waals surface area (Å²) in [6, 6.07) is -0.489. The molecule has 1 heterocycles. The molecular weight excluding hydrogens is 208 g/mol. The average Bonchev–Trinajstić information content (AvgIpc) is 2.69. The van der Waals surface area contributed by atoms with E-state index in [2.05, 4.69) is 5.32 Å². The Morgan fingerprint density at radius 3 is 2.94 bits per heavy atom. The van der Waals surface area contributed by atoms with Gasteiger partial charge >= 0.3 is 5.97 Å². The van der Waals surface area contributed by atoms with Crippen molar-refractivity contribution < 1.29 is 14.6 Å². The summed E-state index contributed by atoms with van der Waals surface area (Å²) in [5, 5.41) is 11.9. The number of likely N-dealkylation sites (N-methyl/N-ethyl adjacent to an activating group) is 2. The van der Waals surface area contributed by atoms with Gasteiger partial charge in [-0.05, 0) is 26.4 Å². The lowest BCUT2D eigenvalue weighted by Gasteiger charge is -2.24.